The molecule has 2 aromatic carbocycles. The summed E-state index contributed by atoms with van der Waals surface area (Å²) in [4.78, 5) is 23.3. The molecule has 22 heavy (non-hydrogen) atoms. The second-order valence-corrected chi connectivity index (χ2v) is 4.82. The molecule has 4 nitrogen and oxygen atoms in total. The Labute approximate surface area is 128 Å². The number of amides is 2. The van der Waals surface area contributed by atoms with Gasteiger partial charge in [-0.15, -0.1) is 0 Å². The number of rotatable bonds is 6. The van der Waals surface area contributed by atoms with Gasteiger partial charge in [-0.1, -0.05) is 30.3 Å². The van der Waals surface area contributed by atoms with Crippen LogP contribution in [0.4, 0.5) is 10.1 Å². The zero-order valence-electron chi connectivity index (χ0n) is 12.0. The van der Waals surface area contributed by atoms with Gasteiger partial charge in [0, 0.05) is 12.1 Å². The molecule has 2 rings (SSSR count). The molecule has 0 aliphatic heterocycles. The number of hydrogen-bond acceptors (Lipinski definition) is 2. The largest absolute Gasteiger partial charge is 0.347 e. The molecule has 0 unspecified atom stereocenters. The highest BCUT2D eigenvalue weighted by molar-refractivity contribution is 5.94. The number of benzene rings is 2. The van der Waals surface area contributed by atoms with Crippen LogP contribution in [0.3, 0.4) is 0 Å². The smallest absolute Gasteiger partial charge is 0.243 e. The second kappa shape index (κ2) is 7.93. The number of carbonyl (C=O) groups excluding carboxylic acids is 2. The zero-order chi connectivity index (χ0) is 15.8. The van der Waals surface area contributed by atoms with Gasteiger partial charge in [0.1, 0.15) is 5.82 Å². The predicted octanol–water partition coefficient (Wildman–Crippen LogP) is 2.51. The first kappa shape index (κ1) is 15.7. The lowest BCUT2D eigenvalue weighted by Gasteiger charge is -2.07. The van der Waals surface area contributed by atoms with Gasteiger partial charge >= 0.3 is 0 Å². The minimum absolute atomic E-state index is 0.0864. The van der Waals surface area contributed by atoms with Crippen molar-refractivity contribution in [2.45, 2.75) is 12.8 Å². The van der Waals surface area contributed by atoms with Crippen molar-refractivity contribution in [3.8, 4) is 0 Å². The van der Waals surface area contributed by atoms with Gasteiger partial charge in [-0.3, -0.25) is 9.59 Å². The summed E-state index contributed by atoms with van der Waals surface area (Å²) in [5.74, 6) is -0.849. The number of hydrogen-bond donors (Lipinski definition) is 2. The quantitative estimate of drug-likeness (QED) is 0.861. The summed E-state index contributed by atoms with van der Waals surface area (Å²) < 4.78 is 13.0. The first-order valence-electron chi connectivity index (χ1n) is 6.99. The van der Waals surface area contributed by atoms with Gasteiger partial charge in [-0.25, -0.2) is 4.39 Å². The van der Waals surface area contributed by atoms with Crippen LogP contribution in [-0.2, 0) is 16.0 Å². The summed E-state index contributed by atoms with van der Waals surface area (Å²) in [5.41, 5.74) is 1.44. The van der Waals surface area contributed by atoms with Gasteiger partial charge in [0.2, 0.25) is 11.8 Å². The van der Waals surface area contributed by atoms with Crippen LogP contribution < -0.4 is 10.6 Å². The average molecular weight is 300 g/mol. The molecule has 2 amide bonds. The minimum atomic E-state index is -0.319. The van der Waals surface area contributed by atoms with Crippen LogP contribution in [0.5, 0.6) is 0 Å². The standard InChI is InChI=1S/C17H17FN2O2/c18-14-6-4-5-13(11-14)9-10-16(21)19-12-17(22)20-15-7-2-1-3-8-15/h1-8,11H,9-10,12H2,(H,19,21)(H,20,22). The van der Waals surface area contributed by atoms with Gasteiger partial charge < -0.3 is 10.6 Å². The lowest BCUT2D eigenvalue weighted by atomic mass is 10.1. The fourth-order valence-corrected chi connectivity index (χ4v) is 1.94. The number of para-hydroxylation sites is 1. The van der Waals surface area contributed by atoms with Crippen molar-refractivity contribution in [3.63, 3.8) is 0 Å². The second-order valence-electron chi connectivity index (χ2n) is 4.82. The van der Waals surface area contributed by atoms with Crippen LogP contribution in [0, 0.1) is 5.82 Å². The molecule has 0 aromatic heterocycles. The third kappa shape index (κ3) is 5.36. The molecule has 0 saturated carbocycles. The minimum Gasteiger partial charge on any atom is -0.347 e. The van der Waals surface area contributed by atoms with Crippen molar-refractivity contribution < 1.29 is 14.0 Å². The molecule has 0 aliphatic carbocycles. The molecule has 0 atom stereocenters. The molecule has 0 spiro atoms. The van der Waals surface area contributed by atoms with Gasteiger partial charge in [0.25, 0.3) is 0 Å². The van der Waals surface area contributed by atoms with Crippen LogP contribution in [0.1, 0.15) is 12.0 Å². The van der Waals surface area contributed by atoms with Crippen LogP contribution in [0.2, 0.25) is 0 Å². The van der Waals surface area contributed by atoms with E-state index in [-0.39, 0.29) is 30.6 Å². The zero-order valence-corrected chi connectivity index (χ0v) is 12.0. The Morgan fingerprint density at radius 2 is 1.73 bits per heavy atom. The van der Waals surface area contributed by atoms with E-state index in [4.69, 9.17) is 0 Å². The maximum absolute atomic E-state index is 13.0. The predicted molar refractivity (Wildman–Crippen MR) is 82.8 cm³/mol. The number of nitrogens with one attached hydrogen (secondary N) is 2. The maximum atomic E-state index is 13.0. The van der Waals surface area contributed by atoms with E-state index in [9.17, 15) is 14.0 Å². The van der Waals surface area contributed by atoms with E-state index >= 15 is 0 Å². The van der Waals surface area contributed by atoms with Crippen LogP contribution in [-0.4, -0.2) is 18.4 Å². The first-order valence-corrected chi connectivity index (χ1v) is 6.99. The van der Waals surface area contributed by atoms with Crippen molar-refractivity contribution >= 4 is 17.5 Å². The summed E-state index contributed by atoms with van der Waals surface area (Å²) in [6.45, 7) is -0.0864. The van der Waals surface area contributed by atoms with Gasteiger partial charge in [-0.05, 0) is 36.2 Å². The van der Waals surface area contributed by atoms with E-state index in [1.165, 1.54) is 12.1 Å². The summed E-state index contributed by atoms with van der Waals surface area (Å²) >= 11 is 0. The Bertz CT molecular complexity index is 644. The number of carbonyl (C=O) groups is 2. The maximum Gasteiger partial charge on any atom is 0.243 e. The molecular weight excluding hydrogens is 283 g/mol. The average Bonchev–Trinajstić information content (AvgIpc) is 2.52. The number of anilines is 1. The molecular formula is C17H17FN2O2. The van der Waals surface area contributed by atoms with Crippen molar-refractivity contribution in [3.05, 3.63) is 66.0 Å². The Kier molecular flexibility index (Phi) is 5.65. The van der Waals surface area contributed by atoms with Crippen LogP contribution in [0.25, 0.3) is 0 Å². The summed E-state index contributed by atoms with van der Waals surface area (Å²) in [6, 6.07) is 15.1. The molecule has 2 aromatic rings. The monoisotopic (exact) mass is 300 g/mol. The molecule has 2 N–H and O–H groups in total. The lowest BCUT2D eigenvalue weighted by molar-refractivity contribution is -0.124. The molecule has 0 heterocycles. The number of halogens is 1. The lowest BCUT2D eigenvalue weighted by Crippen LogP contribution is -2.32. The highest BCUT2D eigenvalue weighted by Gasteiger charge is 2.06. The van der Waals surface area contributed by atoms with E-state index in [1.54, 1.807) is 24.3 Å². The third-order valence-corrected chi connectivity index (χ3v) is 3.03. The Morgan fingerprint density at radius 1 is 0.955 bits per heavy atom. The van der Waals surface area contributed by atoms with E-state index in [0.717, 1.165) is 5.56 Å². The van der Waals surface area contributed by atoms with E-state index in [2.05, 4.69) is 10.6 Å². The van der Waals surface area contributed by atoms with Crippen LogP contribution >= 0.6 is 0 Å². The van der Waals surface area contributed by atoms with Crippen molar-refractivity contribution in [2.24, 2.45) is 0 Å². The van der Waals surface area contributed by atoms with Gasteiger partial charge in [-0.2, -0.15) is 0 Å². The SMILES string of the molecule is O=C(CCc1cccc(F)c1)NCC(=O)Nc1ccccc1. The van der Waals surface area contributed by atoms with Gasteiger partial charge in [0.15, 0.2) is 0 Å². The fraction of sp³-hybridized carbons (Fsp3) is 0.176. The molecule has 5 heteroatoms. The van der Waals surface area contributed by atoms with Crippen molar-refractivity contribution in [1.29, 1.82) is 0 Å². The van der Waals surface area contributed by atoms with Crippen molar-refractivity contribution in [2.75, 3.05) is 11.9 Å². The molecule has 0 bridgehead atoms. The summed E-state index contributed by atoms with van der Waals surface area (Å²) in [6.07, 6.45) is 0.645. The van der Waals surface area contributed by atoms with E-state index < -0.39 is 0 Å². The highest BCUT2D eigenvalue weighted by Crippen LogP contribution is 2.06. The topological polar surface area (TPSA) is 58.2 Å². The molecule has 0 saturated heterocycles. The number of aryl methyl sites for hydroxylation is 1. The molecule has 0 fully saturated rings. The molecule has 0 radical (unpaired) electrons. The van der Waals surface area contributed by atoms with E-state index in [1.807, 2.05) is 18.2 Å². The highest BCUT2D eigenvalue weighted by atomic mass is 19.1. The fourth-order valence-electron chi connectivity index (χ4n) is 1.94. The van der Waals surface area contributed by atoms with E-state index in [0.29, 0.717) is 12.1 Å². The normalized spacial score (nSPS) is 10.0. The van der Waals surface area contributed by atoms with Gasteiger partial charge in [0.05, 0.1) is 6.54 Å². The van der Waals surface area contributed by atoms with Crippen LogP contribution in [0.15, 0.2) is 54.6 Å². The Balaban J connectivity index is 1.70. The first-order chi connectivity index (χ1) is 10.6. The molecule has 0 aliphatic rings. The Morgan fingerprint density at radius 3 is 2.45 bits per heavy atom. The Hall–Kier alpha value is -2.69. The van der Waals surface area contributed by atoms with Crippen molar-refractivity contribution in [1.82, 2.24) is 5.32 Å². The molecule has 114 valence electrons. The summed E-state index contributed by atoms with van der Waals surface area (Å²) in [5, 5.41) is 5.22. The summed E-state index contributed by atoms with van der Waals surface area (Å²) in [7, 11) is 0. The third-order valence-electron chi connectivity index (χ3n) is 3.03.